The lowest BCUT2D eigenvalue weighted by Gasteiger charge is -2.35. The molecule has 2 aromatic carbocycles. The van der Waals surface area contributed by atoms with E-state index in [0.29, 0.717) is 24.1 Å². The van der Waals surface area contributed by atoms with Gasteiger partial charge in [-0.3, -0.25) is 19.7 Å². The number of nitrogens with zero attached hydrogens (tertiary/aromatic N) is 2. The molecule has 0 radical (unpaired) electrons. The van der Waals surface area contributed by atoms with Gasteiger partial charge in [-0.05, 0) is 24.1 Å². The number of hydrogen-bond acceptors (Lipinski definition) is 5. The standard InChI is InChI=1S/C21H19N3O4/c1-13(25)23-18-10-3-2-8-16(18)22-17-9-5-11-19(26)20(17)21(23)14-6-4-7-15(12-14)24(27)28/h2-4,6-10,12,20-22H,5,11H2,1H3/t20-,21+/m1/s1. The molecule has 1 aliphatic carbocycles. The Labute approximate surface area is 161 Å². The lowest BCUT2D eigenvalue weighted by molar-refractivity contribution is -0.384. The van der Waals surface area contributed by atoms with Crippen molar-refractivity contribution in [1.82, 2.24) is 0 Å². The molecule has 2 aliphatic rings. The molecule has 0 fully saturated rings. The van der Waals surface area contributed by atoms with Crippen LogP contribution in [-0.2, 0) is 9.59 Å². The van der Waals surface area contributed by atoms with Crippen LogP contribution in [0.5, 0.6) is 0 Å². The lowest BCUT2D eigenvalue weighted by atomic mass is 9.81. The van der Waals surface area contributed by atoms with Crippen molar-refractivity contribution in [2.75, 3.05) is 10.2 Å². The van der Waals surface area contributed by atoms with E-state index in [-0.39, 0.29) is 17.4 Å². The summed E-state index contributed by atoms with van der Waals surface area (Å²) < 4.78 is 0. The summed E-state index contributed by atoms with van der Waals surface area (Å²) in [6, 6.07) is 12.9. The summed E-state index contributed by atoms with van der Waals surface area (Å²) in [5.41, 5.74) is 2.62. The molecule has 28 heavy (non-hydrogen) atoms. The van der Waals surface area contributed by atoms with Crippen LogP contribution < -0.4 is 10.2 Å². The molecule has 1 N–H and O–H groups in total. The Bertz CT molecular complexity index is 1010. The number of Topliss-reactive ketones (excluding diaryl/α,β-unsaturated/α-hetero) is 1. The highest BCUT2D eigenvalue weighted by Gasteiger charge is 2.42. The van der Waals surface area contributed by atoms with Gasteiger partial charge in [0.1, 0.15) is 5.78 Å². The van der Waals surface area contributed by atoms with Crippen molar-refractivity contribution >= 4 is 28.8 Å². The van der Waals surface area contributed by atoms with Crippen LogP contribution in [-0.4, -0.2) is 16.6 Å². The fourth-order valence-corrected chi connectivity index (χ4v) is 4.07. The van der Waals surface area contributed by atoms with Gasteiger partial charge in [-0.15, -0.1) is 0 Å². The monoisotopic (exact) mass is 377 g/mol. The second-order valence-corrected chi connectivity index (χ2v) is 6.97. The van der Waals surface area contributed by atoms with Gasteiger partial charge >= 0.3 is 0 Å². The molecule has 0 aromatic heterocycles. The molecule has 0 bridgehead atoms. The molecule has 7 heteroatoms. The molecular formula is C21H19N3O4. The van der Waals surface area contributed by atoms with Crippen LogP contribution in [0.4, 0.5) is 17.1 Å². The number of anilines is 2. The smallest absolute Gasteiger partial charge is 0.269 e. The predicted molar refractivity (Wildman–Crippen MR) is 105 cm³/mol. The first-order valence-corrected chi connectivity index (χ1v) is 9.10. The van der Waals surface area contributed by atoms with E-state index < -0.39 is 16.9 Å². The van der Waals surface area contributed by atoms with Crippen LogP contribution in [0.1, 0.15) is 31.4 Å². The number of carbonyl (C=O) groups excluding carboxylic acids is 2. The number of nitro benzene ring substituents is 1. The van der Waals surface area contributed by atoms with Crippen molar-refractivity contribution < 1.29 is 14.5 Å². The maximum atomic E-state index is 13.0. The molecule has 0 unspecified atom stereocenters. The van der Waals surface area contributed by atoms with E-state index in [1.165, 1.54) is 19.1 Å². The molecule has 2 atom stereocenters. The van der Waals surface area contributed by atoms with Crippen molar-refractivity contribution in [1.29, 1.82) is 0 Å². The Hall–Kier alpha value is -3.48. The third kappa shape index (κ3) is 2.94. The minimum Gasteiger partial charge on any atom is -0.357 e. The Morgan fingerprint density at radius 1 is 1.21 bits per heavy atom. The Morgan fingerprint density at radius 2 is 2.00 bits per heavy atom. The Morgan fingerprint density at radius 3 is 2.75 bits per heavy atom. The number of ketones is 1. The summed E-state index contributed by atoms with van der Waals surface area (Å²) in [5.74, 6) is -0.821. The zero-order chi connectivity index (χ0) is 19.8. The zero-order valence-corrected chi connectivity index (χ0v) is 15.3. The first kappa shape index (κ1) is 17.9. The van der Waals surface area contributed by atoms with E-state index in [1.807, 2.05) is 30.3 Å². The fourth-order valence-electron chi connectivity index (χ4n) is 4.07. The van der Waals surface area contributed by atoms with Crippen LogP contribution in [0, 0.1) is 16.0 Å². The Balaban J connectivity index is 1.98. The van der Waals surface area contributed by atoms with Crippen LogP contribution in [0.3, 0.4) is 0 Å². The highest BCUT2D eigenvalue weighted by molar-refractivity contribution is 6.00. The summed E-state index contributed by atoms with van der Waals surface area (Å²) in [5, 5.41) is 14.6. The molecule has 0 saturated heterocycles. The molecule has 7 nitrogen and oxygen atoms in total. The second kappa shape index (κ2) is 6.92. The summed E-state index contributed by atoms with van der Waals surface area (Å²) in [7, 11) is 0. The molecule has 1 aliphatic heterocycles. The molecule has 0 spiro atoms. The number of nitro groups is 1. The van der Waals surface area contributed by atoms with E-state index in [4.69, 9.17) is 0 Å². The third-order valence-electron chi connectivity index (χ3n) is 5.24. The van der Waals surface area contributed by atoms with Crippen LogP contribution in [0.25, 0.3) is 0 Å². The van der Waals surface area contributed by atoms with Crippen LogP contribution >= 0.6 is 0 Å². The largest absolute Gasteiger partial charge is 0.357 e. The van der Waals surface area contributed by atoms with E-state index in [9.17, 15) is 19.7 Å². The fraction of sp³-hybridized carbons (Fsp3) is 0.238. The minimum atomic E-state index is -0.660. The quantitative estimate of drug-likeness (QED) is 0.631. The number of non-ortho nitro benzene ring substituents is 1. The number of benzene rings is 2. The summed E-state index contributed by atoms with van der Waals surface area (Å²) in [4.78, 5) is 38.1. The van der Waals surface area contributed by atoms with Gasteiger partial charge in [-0.25, -0.2) is 0 Å². The van der Waals surface area contributed by atoms with Crippen molar-refractivity contribution in [2.24, 2.45) is 5.92 Å². The SMILES string of the molecule is CC(=O)N1c2ccccc2NC2=CCCC(=O)[C@@H]2[C@@H]1c1cccc([N+](=O)[O-])c1. The van der Waals surface area contributed by atoms with E-state index >= 15 is 0 Å². The molecule has 4 rings (SSSR count). The van der Waals surface area contributed by atoms with Gasteiger partial charge in [0.05, 0.1) is 28.3 Å². The van der Waals surface area contributed by atoms with Gasteiger partial charge in [-0.2, -0.15) is 0 Å². The molecule has 1 heterocycles. The zero-order valence-electron chi connectivity index (χ0n) is 15.3. The van der Waals surface area contributed by atoms with Crippen molar-refractivity contribution in [2.45, 2.75) is 25.8 Å². The highest BCUT2D eigenvalue weighted by atomic mass is 16.6. The van der Waals surface area contributed by atoms with E-state index in [1.54, 1.807) is 17.0 Å². The number of rotatable bonds is 2. The molecule has 142 valence electrons. The van der Waals surface area contributed by atoms with Crippen molar-refractivity contribution in [3.05, 3.63) is 76.0 Å². The van der Waals surface area contributed by atoms with Crippen molar-refractivity contribution in [3.63, 3.8) is 0 Å². The molecule has 1 amide bonds. The maximum absolute atomic E-state index is 13.0. The number of hydrogen-bond donors (Lipinski definition) is 1. The van der Waals surface area contributed by atoms with Gasteiger partial charge in [0.15, 0.2) is 0 Å². The number of para-hydroxylation sites is 2. The van der Waals surface area contributed by atoms with Gasteiger partial charge in [0.25, 0.3) is 5.69 Å². The predicted octanol–water partition coefficient (Wildman–Crippen LogP) is 3.98. The van der Waals surface area contributed by atoms with Gasteiger partial charge in [0, 0.05) is 31.2 Å². The highest BCUT2D eigenvalue weighted by Crippen LogP contribution is 2.46. The van der Waals surface area contributed by atoms with E-state index in [2.05, 4.69) is 5.32 Å². The van der Waals surface area contributed by atoms with E-state index in [0.717, 1.165) is 11.4 Å². The van der Waals surface area contributed by atoms with Gasteiger partial charge in [-0.1, -0.05) is 30.3 Å². The number of nitrogens with one attached hydrogen (secondary N) is 1. The van der Waals surface area contributed by atoms with Crippen LogP contribution in [0.2, 0.25) is 0 Å². The molecular weight excluding hydrogens is 358 g/mol. The summed E-state index contributed by atoms with van der Waals surface area (Å²) in [6.07, 6.45) is 2.99. The molecule has 2 aromatic rings. The topological polar surface area (TPSA) is 92.6 Å². The number of amides is 1. The minimum absolute atomic E-state index is 0.0144. The number of fused-ring (bicyclic) bond motifs is 2. The summed E-state index contributed by atoms with van der Waals surface area (Å²) >= 11 is 0. The third-order valence-corrected chi connectivity index (χ3v) is 5.24. The number of carbonyl (C=O) groups is 2. The Kier molecular flexibility index (Phi) is 4.43. The first-order valence-electron chi connectivity index (χ1n) is 9.10. The average Bonchev–Trinajstić information content (AvgIpc) is 2.83. The number of allylic oxidation sites excluding steroid dienone is 1. The molecule has 0 saturated carbocycles. The second-order valence-electron chi connectivity index (χ2n) is 6.97. The normalized spacial score (nSPS) is 21.0. The van der Waals surface area contributed by atoms with Gasteiger partial charge in [0.2, 0.25) is 5.91 Å². The van der Waals surface area contributed by atoms with Crippen LogP contribution in [0.15, 0.2) is 60.3 Å². The lowest BCUT2D eigenvalue weighted by Crippen LogP contribution is -2.41. The maximum Gasteiger partial charge on any atom is 0.269 e. The average molecular weight is 377 g/mol. The summed E-state index contributed by atoms with van der Waals surface area (Å²) in [6.45, 7) is 1.45. The van der Waals surface area contributed by atoms with Gasteiger partial charge < -0.3 is 10.2 Å². The van der Waals surface area contributed by atoms with Crippen molar-refractivity contribution in [3.8, 4) is 0 Å². The first-order chi connectivity index (χ1) is 13.5.